The Morgan fingerprint density at radius 3 is 2.90 bits per heavy atom. The van der Waals surface area contributed by atoms with Crippen LogP contribution in [0.25, 0.3) is 0 Å². The van der Waals surface area contributed by atoms with Crippen molar-refractivity contribution in [1.82, 2.24) is 4.90 Å². The monoisotopic (exact) mass is 290 g/mol. The van der Waals surface area contributed by atoms with E-state index in [0.717, 1.165) is 42.8 Å². The molecule has 2 rings (SSSR count). The van der Waals surface area contributed by atoms with Crippen LogP contribution in [-0.4, -0.2) is 43.7 Å². The Kier molecular flexibility index (Phi) is 5.62. The van der Waals surface area contributed by atoms with Crippen molar-refractivity contribution in [3.63, 3.8) is 0 Å². The first kappa shape index (κ1) is 15.8. The first-order valence-electron chi connectivity index (χ1n) is 7.83. The number of hydrogen-bond donors (Lipinski definition) is 1. The molecule has 1 saturated heterocycles. The molecule has 4 nitrogen and oxygen atoms in total. The average Bonchev–Trinajstić information content (AvgIpc) is 2.48. The van der Waals surface area contributed by atoms with Crippen LogP contribution in [0, 0.1) is 6.92 Å². The standard InChI is InChI=1S/C17H26N2O2/c1-4-18-16-11-13(2)8-9-15(16)17(20)19(3)12-14-7-5-6-10-21-14/h8-9,11,14,18H,4-7,10,12H2,1-3H3. The largest absolute Gasteiger partial charge is 0.385 e. The van der Waals surface area contributed by atoms with Gasteiger partial charge in [0.2, 0.25) is 0 Å². The molecule has 4 heteroatoms. The van der Waals surface area contributed by atoms with Gasteiger partial charge >= 0.3 is 0 Å². The van der Waals surface area contributed by atoms with E-state index < -0.39 is 0 Å². The zero-order valence-electron chi connectivity index (χ0n) is 13.3. The molecule has 1 amide bonds. The van der Waals surface area contributed by atoms with Crippen molar-refractivity contribution < 1.29 is 9.53 Å². The van der Waals surface area contributed by atoms with E-state index in [1.54, 1.807) is 4.90 Å². The fourth-order valence-electron chi connectivity index (χ4n) is 2.73. The Bertz CT molecular complexity index is 482. The fourth-order valence-corrected chi connectivity index (χ4v) is 2.73. The van der Waals surface area contributed by atoms with Gasteiger partial charge in [-0.2, -0.15) is 0 Å². The third-order valence-electron chi connectivity index (χ3n) is 3.87. The maximum absolute atomic E-state index is 12.7. The van der Waals surface area contributed by atoms with Crippen molar-refractivity contribution in [2.45, 2.75) is 39.2 Å². The summed E-state index contributed by atoms with van der Waals surface area (Å²) in [5, 5.41) is 3.28. The van der Waals surface area contributed by atoms with Gasteiger partial charge in [0.25, 0.3) is 5.91 Å². The molecular weight excluding hydrogens is 264 g/mol. The predicted octanol–water partition coefficient (Wildman–Crippen LogP) is 3.07. The topological polar surface area (TPSA) is 41.6 Å². The van der Waals surface area contributed by atoms with Gasteiger partial charge in [-0.15, -0.1) is 0 Å². The lowest BCUT2D eigenvalue weighted by Crippen LogP contribution is -2.37. The number of benzene rings is 1. The first-order chi connectivity index (χ1) is 10.1. The molecule has 0 aliphatic carbocycles. The predicted molar refractivity (Wildman–Crippen MR) is 85.9 cm³/mol. The minimum atomic E-state index is 0.0557. The van der Waals surface area contributed by atoms with Gasteiger partial charge in [-0.05, 0) is 50.8 Å². The Hall–Kier alpha value is -1.55. The normalized spacial score (nSPS) is 18.3. The number of nitrogens with one attached hydrogen (secondary N) is 1. The quantitative estimate of drug-likeness (QED) is 0.906. The van der Waals surface area contributed by atoms with Gasteiger partial charge in [0.15, 0.2) is 0 Å². The zero-order chi connectivity index (χ0) is 15.2. The third kappa shape index (κ3) is 4.21. The molecule has 21 heavy (non-hydrogen) atoms. The van der Waals surface area contributed by atoms with Gasteiger partial charge in [-0.1, -0.05) is 6.07 Å². The van der Waals surface area contributed by atoms with E-state index in [2.05, 4.69) is 5.32 Å². The van der Waals surface area contributed by atoms with E-state index in [9.17, 15) is 4.79 Å². The van der Waals surface area contributed by atoms with E-state index >= 15 is 0 Å². The third-order valence-corrected chi connectivity index (χ3v) is 3.87. The summed E-state index contributed by atoms with van der Waals surface area (Å²) in [6, 6.07) is 5.93. The smallest absolute Gasteiger partial charge is 0.255 e. The molecule has 1 aliphatic rings. The number of aryl methyl sites for hydroxylation is 1. The van der Waals surface area contributed by atoms with Crippen molar-refractivity contribution in [3.8, 4) is 0 Å². The summed E-state index contributed by atoms with van der Waals surface area (Å²) in [5.41, 5.74) is 2.81. The Labute approximate surface area is 127 Å². The highest BCUT2D eigenvalue weighted by Crippen LogP contribution is 2.20. The molecule has 1 N–H and O–H groups in total. The van der Waals surface area contributed by atoms with Crippen LogP contribution in [0.3, 0.4) is 0 Å². The van der Waals surface area contributed by atoms with Crippen LogP contribution < -0.4 is 5.32 Å². The first-order valence-corrected chi connectivity index (χ1v) is 7.83. The number of likely N-dealkylation sites (N-methyl/N-ethyl adjacent to an activating group) is 1. The maximum atomic E-state index is 12.7. The number of anilines is 1. The molecule has 0 bridgehead atoms. The molecule has 1 fully saturated rings. The highest BCUT2D eigenvalue weighted by atomic mass is 16.5. The van der Waals surface area contributed by atoms with Gasteiger partial charge in [0.05, 0.1) is 11.7 Å². The molecule has 0 spiro atoms. The summed E-state index contributed by atoms with van der Waals surface area (Å²) in [4.78, 5) is 14.4. The van der Waals surface area contributed by atoms with Gasteiger partial charge < -0.3 is 15.0 Å². The lowest BCUT2D eigenvalue weighted by Gasteiger charge is -2.28. The van der Waals surface area contributed by atoms with Crippen LogP contribution >= 0.6 is 0 Å². The highest BCUT2D eigenvalue weighted by Gasteiger charge is 2.21. The van der Waals surface area contributed by atoms with Crippen LogP contribution in [-0.2, 0) is 4.74 Å². The number of amides is 1. The summed E-state index contributed by atoms with van der Waals surface area (Å²) in [6.07, 6.45) is 3.56. The van der Waals surface area contributed by atoms with Gasteiger partial charge in [0.1, 0.15) is 0 Å². The molecule has 1 aliphatic heterocycles. The van der Waals surface area contributed by atoms with Crippen LogP contribution in [0.1, 0.15) is 42.1 Å². The molecule has 1 unspecified atom stereocenters. The second-order valence-corrected chi connectivity index (χ2v) is 5.75. The van der Waals surface area contributed by atoms with E-state index in [0.29, 0.717) is 6.54 Å². The molecule has 1 aromatic carbocycles. The molecule has 116 valence electrons. The van der Waals surface area contributed by atoms with Gasteiger partial charge in [-0.3, -0.25) is 4.79 Å². The minimum Gasteiger partial charge on any atom is -0.385 e. The highest BCUT2D eigenvalue weighted by molar-refractivity contribution is 5.99. The maximum Gasteiger partial charge on any atom is 0.255 e. The Morgan fingerprint density at radius 1 is 1.43 bits per heavy atom. The molecule has 0 saturated carbocycles. The number of ether oxygens (including phenoxy) is 1. The Balaban J connectivity index is 2.07. The Morgan fingerprint density at radius 2 is 2.24 bits per heavy atom. The lowest BCUT2D eigenvalue weighted by atomic mass is 10.1. The number of hydrogen-bond acceptors (Lipinski definition) is 3. The second-order valence-electron chi connectivity index (χ2n) is 5.75. The summed E-state index contributed by atoms with van der Waals surface area (Å²) >= 11 is 0. The summed E-state index contributed by atoms with van der Waals surface area (Å²) in [7, 11) is 1.86. The zero-order valence-corrected chi connectivity index (χ0v) is 13.3. The number of rotatable bonds is 5. The van der Waals surface area contributed by atoms with E-state index in [4.69, 9.17) is 4.74 Å². The molecule has 1 heterocycles. The summed E-state index contributed by atoms with van der Waals surface area (Å²) in [5.74, 6) is 0.0557. The SMILES string of the molecule is CCNc1cc(C)ccc1C(=O)N(C)CC1CCCCO1. The van der Waals surface area contributed by atoms with E-state index in [-0.39, 0.29) is 12.0 Å². The fraction of sp³-hybridized carbons (Fsp3) is 0.588. The van der Waals surface area contributed by atoms with Crippen molar-refractivity contribution >= 4 is 11.6 Å². The molecule has 0 aromatic heterocycles. The van der Waals surface area contributed by atoms with Crippen molar-refractivity contribution in [1.29, 1.82) is 0 Å². The molecule has 0 radical (unpaired) electrons. The van der Waals surface area contributed by atoms with Crippen molar-refractivity contribution in [3.05, 3.63) is 29.3 Å². The van der Waals surface area contributed by atoms with E-state index in [1.807, 2.05) is 39.1 Å². The van der Waals surface area contributed by atoms with Crippen LogP contribution in [0.2, 0.25) is 0 Å². The molecular formula is C17H26N2O2. The van der Waals surface area contributed by atoms with Gasteiger partial charge in [-0.25, -0.2) is 0 Å². The van der Waals surface area contributed by atoms with Crippen LogP contribution in [0.5, 0.6) is 0 Å². The van der Waals surface area contributed by atoms with Crippen molar-refractivity contribution in [2.24, 2.45) is 0 Å². The molecule has 1 aromatic rings. The number of carbonyl (C=O) groups is 1. The minimum absolute atomic E-state index is 0.0557. The molecule has 1 atom stereocenters. The summed E-state index contributed by atoms with van der Waals surface area (Å²) in [6.45, 7) is 6.36. The van der Waals surface area contributed by atoms with Gasteiger partial charge in [0, 0.05) is 32.4 Å². The number of nitrogens with zero attached hydrogens (tertiary/aromatic N) is 1. The average molecular weight is 290 g/mol. The summed E-state index contributed by atoms with van der Waals surface area (Å²) < 4.78 is 5.72. The number of carbonyl (C=O) groups excluding carboxylic acids is 1. The second kappa shape index (κ2) is 7.46. The van der Waals surface area contributed by atoms with Crippen LogP contribution in [0.4, 0.5) is 5.69 Å². The van der Waals surface area contributed by atoms with E-state index in [1.165, 1.54) is 6.42 Å². The van der Waals surface area contributed by atoms with Crippen molar-refractivity contribution in [2.75, 3.05) is 32.1 Å². The van der Waals surface area contributed by atoms with Crippen LogP contribution in [0.15, 0.2) is 18.2 Å². The lowest BCUT2D eigenvalue weighted by molar-refractivity contribution is -0.000171.